The SMILES string of the molecule is O=C(Nc1ncc(Cc2ccccc2Cl)s1)C1=NCCN1. The molecule has 1 aromatic carbocycles. The minimum atomic E-state index is -0.244. The molecule has 1 aromatic heterocycles. The predicted molar refractivity (Wildman–Crippen MR) is 85.3 cm³/mol. The highest BCUT2D eigenvalue weighted by Gasteiger charge is 2.16. The lowest BCUT2D eigenvalue weighted by atomic mass is 10.1. The molecule has 2 aromatic rings. The van der Waals surface area contributed by atoms with Gasteiger partial charge in [0, 0.05) is 29.1 Å². The standard InChI is InChI=1S/C14H13ClN4OS/c15-11-4-2-1-3-9(11)7-10-8-18-14(21-10)19-13(20)12-16-5-6-17-12/h1-4,8H,5-7H2,(H,16,17)(H,18,19,20). The van der Waals surface area contributed by atoms with E-state index in [1.54, 1.807) is 6.20 Å². The number of nitrogens with one attached hydrogen (secondary N) is 2. The number of thiazole rings is 1. The van der Waals surface area contributed by atoms with Gasteiger partial charge in [-0.15, -0.1) is 11.3 Å². The van der Waals surface area contributed by atoms with Crippen molar-refractivity contribution < 1.29 is 4.79 Å². The van der Waals surface area contributed by atoms with E-state index in [-0.39, 0.29) is 5.91 Å². The molecule has 108 valence electrons. The number of carbonyl (C=O) groups is 1. The zero-order valence-electron chi connectivity index (χ0n) is 11.1. The van der Waals surface area contributed by atoms with E-state index in [2.05, 4.69) is 20.6 Å². The number of halogens is 1. The second-order valence-corrected chi connectivity index (χ2v) is 6.03. The van der Waals surface area contributed by atoms with Gasteiger partial charge in [-0.3, -0.25) is 15.1 Å². The quantitative estimate of drug-likeness (QED) is 0.908. The average molecular weight is 321 g/mol. The molecular formula is C14H13ClN4OS. The van der Waals surface area contributed by atoms with Gasteiger partial charge in [-0.05, 0) is 11.6 Å². The molecule has 0 saturated carbocycles. The van der Waals surface area contributed by atoms with E-state index in [4.69, 9.17) is 11.6 Å². The number of rotatable bonds is 4. The van der Waals surface area contributed by atoms with Crippen molar-refractivity contribution in [1.29, 1.82) is 0 Å². The molecule has 0 spiro atoms. The summed E-state index contributed by atoms with van der Waals surface area (Å²) in [5.74, 6) is 0.129. The van der Waals surface area contributed by atoms with Crippen molar-refractivity contribution in [2.45, 2.75) is 6.42 Å². The molecule has 0 radical (unpaired) electrons. The molecule has 1 aliphatic heterocycles. The molecule has 0 saturated heterocycles. The summed E-state index contributed by atoms with van der Waals surface area (Å²) in [6.45, 7) is 1.34. The third-order valence-electron chi connectivity index (χ3n) is 2.99. The zero-order chi connectivity index (χ0) is 14.7. The van der Waals surface area contributed by atoms with E-state index in [1.165, 1.54) is 11.3 Å². The smallest absolute Gasteiger partial charge is 0.292 e. The van der Waals surface area contributed by atoms with Gasteiger partial charge in [0.15, 0.2) is 11.0 Å². The Kier molecular flexibility index (Phi) is 4.17. The fourth-order valence-corrected chi connectivity index (χ4v) is 3.02. The largest absolute Gasteiger partial charge is 0.364 e. The Morgan fingerprint density at radius 2 is 2.29 bits per heavy atom. The van der Waals surface area contributed by atoms with Crippen LogP contribution >= 0.6 is 22.9 Å². The lowest BCUT2D eigenvalue weighted by Gasteiger charge is -2.02. The molecule has 0 fully saturated rings. The maximum absolute atomic E-state index is 11.9. The Labute approximate surface area is 131 Å². The average Bonchev–Trinajstić information content (AvgIpc) is 3.13. The number of nitrogens with zero attached hydrogens (tertiary/aromatic N) is 2. The Balaban J connectivity index is 1.66. The van der Waals surface area contributed by atoms with E-state index >= 15 is 0 Å². The zero-order valence-corrected chi connectivity index (χ0v) is 12.7. The second-order valence-electron chi connectivity index (χ2n) is 4.51. The number of amides is 1. The number of hydrogen-bond acceptors (Lipinski definition) is 5. The first-order valence-corrected chi connectivity index (χ1v) is 7.69. The van der Waals surface area contributed by atoms with Gasteiger partial charge in [0.1, 0.15) is 0 Å². The van der Waals surface area contributed by atoms with Gasteiger partial charge in [-0.25, -0.2) is 4.98 Å². The number of carbonyl (C=O) groups excluding carboxylic acids is 1. The van der Waals surface area contributed by atoms with Gasteiger partial charge in [0.25, 0.3) is 5.91 Å². The number of anilines is 1. The van der Waals surface area contributed by atoms with Crippen molar-refractivity contribution in [3.05, 3.63) is 45.9 Å². The highest BCUT2D eigenvalue weighted by atomic mass is 35.5. The summed E-state index contributed by atoms with van der Waals surface area (Å²) >= 11 is 7.58. The van der Waals surface area contributed by atoms with Crippen molar-refractivity contribution in [3.8, 4) is 0 Å². The maximum atomic E-state index is 11.9. The van der Waals surface area contributed by atoms with E-state index in [9.17, 15) is 4.79 Å². The number of amidine groups is 1. The Bertz CT molecular complexity index is 698. The minimum absolute atomic E-state index is 0.244. The van der Waals surface area contributed by atoms with Gasteiger partial charge in [0.05, 0.1) is 6.54 Å². The molecule has 1 amide bonds. The summed E-state index contributed by atoms with van der Waals surface area (Å²) in [4.78, 5) is 21.2. The van der Waals surface area contributed by atoms with Crippen LogP contribution in [0.5, 0.6) is 0 Å². The molecule has 1 aliphatic rings. The van der Waals surface area contributed by atoms with Gasteiger partial charge < -0.3 is 5.32 Å². The number of aromatic nitrogens is 1. The van der Waals surface area contributed by atoms with Crippen molar-refractivity contribution in [3.63, 3.8) is 0 Å². The van der Waals surface area contributed by atoms with Crippen molar-refractivity contribution >= 4 is 39.8 Å². The molecule has 0 aliphatic carbocycles. The highest BCUT2D eigenvalue weighted by molar-refractivity contribution is 7.15. The first kappa shape index (κ1) is 14.0. The summed E-state index contributed by atoms with van der Waals surface area (Å²) in [5.41, 5.74) is 1.04. The van der Waals surface area contributed by atoms with Crippen LogP contribution in [-0.4, -0.2) is 29.8 Å². The lowest BCUT2D eigenvalue weighted by molar-refractivity contribution is -0.110. The summed E-state index contributed by atoms with van der Waals surface area (Å²) in [7, 11) is 0. The van der Waals surface area contributed by atoms with Gasteiger partial charge >= 0.3 is 0 Å². The molecular weight excluding hydrogens is 308 g/mol. The topological polar surface area (TPSA) is 66.4 Å². The second kappa shape index (κ2) is 6.24. The predicted octanol–water partition coefficient (Wildman–Crippen LogP) is 2.33. The third-order valence-corrected chi connectivity index (χ3v) is 4.27. The summed E-state index contributed by atoms with van der Waals surface area (Å²) in [5, 5.41) is 6.98. The number of hydrogen-bond donors (Lipinski definition) is 2. The molecule has 2 N–H and O–H groups in total. The van der Waals surface area contributed by atoms with Gasteiger partial charge in [-0.2, -0.15) is 0 Å². The number of aliphatic imine (C=N–C) groups is 1. The van der Waals surface area contributed by atoms with E-state index < -0.39 is 0 Å². The first-order chi connectivity index (χ1) is 10.2. The molecule has 21 heavy (non-hydrogen) atoms. The molecule has 2 heterocycles. The van der Waals surface area contributed by atoms with Crippen LogP contribution in [-0.2, 0) is 11.2 Å². The van der Waals surface area contributed by atoms with Crippen LogP contribution in [0.15, 0.2) is 35.5 Å². The van der Waals surface area contributed by atoms with E-state index in [1.807, 2.05) is 24.3 Å². The van der Waals surface area contributed by atoms with Crippen molar-refractivity contribution in [2.75, 3.05) is 18.4 Å². The Morgan fingerprint density at radius 3 is 3.05 bits per heavy atom. The fourth-order valence-electron chi connectivity index (χ4n) is 1.98. The van der Waals surface area contributed by atoms with Crippen LogP contribution in [0.2, 0.25) is 5.02 Å². The summed E-state index contributed by atoms with van der Waals surface area (Å²) in [6.07, 6.45) is 2.46. The molecule has 7 heteroatoms. The van der Waals surface area contributed by atoms with Crippen LogP contribution in [0.25, 0.3) is 0 Å². The molecule has 0 bridgehead atoms. The van der Waals surface area contributed by atoms with Gasteiger partial charge in [0.2, 0.25) is 0 Å². The van der Waals surface area contributed by atoms with Crippen LogP contribution in [0.4, 0.5) is 5.13 Å². The monoisotopic (exact) mass is 320 g/mol. The molecule has 0 unspecified atom stereocenters. The highest BCUT2D eigenvalue weighted by Crippen LogP contribution is 2.24. The Morgan fingerprint density at radius 1 is 1.43 bits per heavy atom. The first-order valence-electron chi connectivity index (χ1n) is 6.50. The van der Waals surface area contributed by atoms with E-state index in [0.29, 0.717) is 30.5 Å². The van der Waals surface area contributed by atoms with Crippen molar-refractivity contribution in [1.82, 2.24) is 10.3 Å². The van der Waals surface area contributed by atoms with Gasteiger partial charge in [-0.1, -0.05) is 29.8 Å². The Hall–Kier alpha value is -1.92. The minimum Gasteiger partial charge on any atom is -0.364 e. The summed E-state index contributed by atoms with van der Waals surface area (Å²) in [6, 6.07) is 7.70. The molecule has 3 rings (SSSR count). The third kappa shape index (κ3) is 3.40. The molecule has 0 atom stereocenters. The van der Waals surface area contributed by atoms with Crippen LogP contribution in [0, 0.1) is 0 Å². The van der Waals surface area contributed by atoms with E-state index in [0.717, 1.165) is 15.5 Å². The van der Waals surface area contributed by atoms with Crippen molar-refractivity contribution in [2.24, 2.45) is 4.99 Å². The maximum Gasteiger partial charge on any atom is 0.292 e. The fraction of sp³-hybridized carbons (Fsp3) is 0.214. The summed E-state index contributed by atoms with van der Waals surface area (Å²) < 4.78 is 0. The van der Waals surface area contributed by atoms with Crippen LogP contribution in [0.3, 0.4) is 0 Å². The normalized spacial score (nSPS) is 13.7. The van der Waals surface area contributed by atoms with Crippen LogP contribution in [0.1, 0.15) is 10.4 Å². The lowest BCUT2D eigenvalue weighted by Crippen LogP contribution is -2.32. The van der Waals surface area contributed by atoms with Crippen LogP contribution < -0.4 is 10.6 Å². The molecule has 5 nitrogen and oxygen atoms in total. The number of benzene rings is 1.